The van der Waals surface area contributed by atoms with Gasteiger partial charge in [0.2, 0.25) is 5.88 Å². The third-order valence-electron chi connectivity index (χ3n) is 1.59. The molecule has 1 rings (SSSR count). The van der Waals surface area contributed by atoms with Gasteiger partial charge in [-0.05, 0) is 22.6 Å². The SMILES string of the molecule is COc1cc(C(F)F)c(OC)c(I)n1. The number of alkyl halides is 2. The zero-order valence-electron chi connectivity index (χ0n) is 7.55. The summed E-state index contributed by atoms with van der Waals surface area (Å²) in [7, 11) is 2.71. The summed E-state index contributed by atoms with van der Waals surface area (Å²) in [5.41, 5.74) is -0.205. The first kappa shape index (κ1) is 11.4. The fourth-order valence-corrected chi connectivity index (χ4v) is 1.74. The van der Waals surface area contributed by atoms with E-state index >= 15 is 0 Å². The molecule has 0 aromatic carbocycles. The van der Waals surface area contributed by atoms with Gasteiger partial charge in [0.1, 0.15) is 3.70 Å². The summed E-state index contributed by atoms with van der Waals surface area (Å²) in [5.74, 6) is 0.256. The molecule has 0 saturated heterocycles. The average Bonchev–Trinajstić information content (AvgIpc) is 2.16. The number of ether oxygens (including phenoxy) is 2. The molecule has 0 atom stereocenters. The third kappa shape index (κ3) is 2.23. The minimum atomic E-state index is -2.60. The number of methoxy groups -OCH3 is 2. The Hall–Kier alpha value is -0.660. The molecule has 0 amide bonds. The molecule has 1 aromatic rings. The van der Waals surface area contributed by atoms with Gasteiger partial charge in [-0.25, -0.2) is 13.8 Å². The van der Waals surface area contributed by atoms with Crippen molar-refractivity contribution in [2.75, 3.05) is 14.2 Å². The molecule has 6 heteroatoms. The Morgan fingerprint density at radius 1 is 1.36 bits per heavy atom. The number of hydrogen-bond acceptors (Lipinski definition) is 3. The summed E-state index contributed by atoms with van der Waals surface area (Å²) in [4.78, 5) is 3.91. The van der Waals surface area contributed by atoms with Crippen LogP contribution in [0.25, 0.3) is 0 Å². The van der Waals surface area contributed by atoms with Crippen molar-refractivity contribution in [2.24, 2.45) is 0 Å². The second-order valence-corrected chi connectivity index (χ2v) is 3.40. The monoisotopic (exact) mass is 315 g/mol. The molecule has 0 spiro atoms. The van der Waals surface area contributed by atoms with Crippen LogP contribution in [0.3, 0.4) is 0 Å². The van der Waals surface area contributed by atoms with Crippen LogP contribution in [0.15, 0.2) is 6.07 Å². The van der Waals surface area contributed by atoms with Crippen molar-refractivity contribution in [1.29, 1.82) is 0 Å². The highest BCUT2D eigenvalue weighted by molar-refractivity contribution is 14.1. The molecule has 78 valence electrons. The lowest BCUT2D eigenvalue weighted by molar-refractivity contribution is 0.146. The molecule has 1 aromatic heterocycles. The van der Waals surface area contributed by atoms with Crippen LogP contribution in [0.2, 0.25) is 0 Å². The van der Waals surface area contributed by atoms with Crippen molar-refractivity contribution in [3.8, 4) is 11.6 Å². The molecule has 3 nitrogen and oxygen atoms in total. The van der Waals surface area contributed by atoms with Crippen LogP contribution in [0.5, 0.6) is 11.6 Å². The molecular weight excluding hydrogens is 307 g/mol. The standard InChI is InChI=1S/C8H8F2INO2/c1-13-5-3-4(7(9)10)6(14-2)8(11)12-5/h3,7H,1-2H3. The maximum absolute atomic E-state index is 12.5. The fourth-order valence-electron chi connectivity index (χ4n) is 0.966. The van der Waals surface area contributed by atoms with Gasteiger partial charge in [0.05, 0.1) is 19.8 Å². The van der Waals surface area contributed by atoms with Crippen LogP contribution in [-0.2, 0) is 0 Å². The Morgan fingerprint density at radius 3 is 2.43 bits per heavy atom. The van der Waals surface area contributed by atoms with E-state index in [1.54, 1.807) is 0 Å². The number of hydrogen-bond donors (Lipinski definition) is 0. The summed E-state index contributed by atoms with van der Waals surface area (Å²) in [6, 6.07) is 1.17. The van der Waals surface area contributed by atoms with E-state index in [1.807, 2.05) is 22.6 Å². The number of pyridine rings is 1. The van der Waals surface area contributed by atoms with Gasteiger partial charge >= 0.3 is 0 Å². The number of aromatic nitrogens is 1. The zero-order chi connectivity index (χ0) is 10.7. The van der Waals surface area contributed by atoms with Crippen molar-refractivity contribution in [1.82, 2.24) is 4.98 Å². The molecule has 0 N–H and O–H groups in total. The van der Waals surface area contributed by atoms with Crippen LogP contribution < -0.4 is 9.47 Å². The Bertz CT molecular complexity index is 333. The minimum absolute atomic E-state index is 0.0985. The topological polar surface area (TPSA) is 31.4 Å². The van der Waals surface area contributed by atoms with Gasteiger partial charge in [-0.1, -0.05) is 0 Å². The van der Waals surface area contributed by atoms with E-state index in [-0.39, 0.29) is 17.2 Å². The van der Waals surface area contributed by atoms with Gasteiger partial charge in [-0.15, -0.1) is 0 Å². The summed E-state index contributed by atoms with van der Waals surface area (Å²) in [5, 5.41) is 0. The van der Waals surface area contributed by atoms with Crippen LogP contribution in [0.1, 0.15) is 12.0 Å². The molecule has 1 heterocycles. The summed E-state index contributed by atoms with van der Waals surface area (Å²) >= 11 is 1.82. The number of nitrogens with zero attached hydrogens (tertiary/aromatic N) is 1. The quantitative estimate of drug-likeness (QED) is 0.635. The lowest BCUT2D eigenvalue weighted by Crippen LogP contribution is -2.00. The molecule has 0 bridgehead atoms. The maximum atomic E-state index is 12.5. The van der Waals surface area contributed by atoms with Crippen LogP contribution in [-0.4, -0.2) is 19.2 Å². The summed E-state index contributed by atoms with van der Waals surface area (Å²) in [6.07, 6.45) is -2.60. The van der Waals surface area contributed by atoms with Gasteiger partial charge in [0.25, 0.3) is 6.43 Å². The second kappa shape index (κ2) is 4.72. The first-order chi connectivity index (χ1) is 6.60. The van der Waals surface area contributed by atoms with E-state index in [9.17, 15) is 8.78 Å². The first-order valence-electron chi connectivity index (χ1n) is 3.66. The van der Waals surface area contributed by atoms with Crippen molar-refractivity contribution in [3.05, 3.63) is 15.3 Å². The minimum Gasteiger partial charge on any atom is -0.493 e. The van der Waals surface area contributed by atoms with Crippen LogP contribution in [0.4, 0.5) is 8.78 Å². The van der Waals surface area contributed by atoms with Gasteiger partial charge in [0.15, 0.2) is 5.75 Å². The van der Waals surface area contributed by atoms with E-state index in [0.717, 1.165) is 0 Å². The molecule has 0 radical (unpaired) electrons. The molecular formula is C8H8F2INO2. The highest BCUT2D eigenvalue weighted by atomic mass is 127. The Kier molecular flexibility index (Phi) is 3.85. The summed E-state index contributed by atoms with van der Waals surface area (Å²) in [6.45, 7) is 0. The van der Waals surface area contributed by atoms with Gasteiger partial charge < -0.3 is 9.47 Å². The third-order valence-corrected chi connectivity index (χ3v) is 2.32. The fraction of sp³-hybridized carbons (Fsp3) is 0.375. The van der Waals surface area contributed by atoms with E-state index in [4.69, 9.17) is 9.47 Å². The highest BCUT2D eigenvalue weighted by Crippen LogP contribution is 2.34. The Labute approximate surface area is 93.6 Å². The van der Waals surface area contributed by atoms with E-state index in [2.05, 4.69) is 4.98 Å². The molecule has 0 fully saturated rings. The van der Waals surface area contributed by atoms with E-state index in [1.165, 1.54) is 20.3 Å². The van der Waals surface area contributed by atoms with Gasteiger partial charge in [-0.2, -0.15) is 0 Å². The maximum Gasteiger partial charge on any atom is 0.267 e. The Morgan fingerprint density at radius 2 is 2.00 bits per heavy atom. The second-order valence-electron chi connectivity index (χ2n) is 2.38. The number of halogens is 3. The molecule has 0 aliphatic rings. The van der Waals surface area contributed by atoms with Gasteiger partial charge in [0, 0.05) is 6.07 Å². The number of rotatable bonds is 3. The Balaban J connectivity index is 3.28. The predicted octanol–water partition coefficient (Wildman–Crippen LogP) is 2.64. The lowest BCUT2D eigenvalue weighted by atomic mass is 10.2. The van der Waals surface area contributed by atoms with E-state index in [0.29, 0.717) is 3.70 Å². The highest BCUT2D eigenvalue weighted by Gasteiger charge is 2.19. The first-order valence-corrected chi connectivity index (χ1v) is 4.74. The summed E-state index contributed by atoms with van der Waals surface area (Å²) < 4.78 is 35.1. The molecule has 0 saturated carbocycles. The average molecular weight is 315 g/mol. The zero-order valence-corrected chi connectivity index (χ0v) is 9.71. The van der Waals surface area contributed by atoms with Crippen LogP contribution in [0, 0.1) is 3.70 Å². The van der Waals surface area contributed by atoms with Crippen LogP contribution >= 0.6 is 22.6 Å². The molecule has 0 aliphatic heterocycles. The molecule has 0 unspecified atom stereocenters. The predicted molar refractivity (Wildman–Crippen MR) is 55.0 cm³/mol. The molecule has 14 heavy (non-hydrogen) atoms. The lowest BCUT2D eigenvalue weighted by Gasteiger charge is -2.10. The van der Waals surface area contributed by atoms with Crippen molar-refractivity contribution < 1.29 is 18.3 Å². The van der Waals surface area contributed by atoms with Crippen molar-refractivity contribution in [3.63, 3.8) is 0 Å². The normalized spacial score (nSPS) is 10.4. The largest absolute Gasteiger partial charge is 0.493 e. The van der Waals surface area contributed by atoms with Gasteiger partial charge in [-0.3, -0.25) is 0 Å². The molecule has 0 aliphatic carbocycles. The van der Waals surface area contributed by atoms with Crippen molar-refractivity contribution >= 4 is 22.6 Å². The van der Waals surface area contributed by atoms with E-state index < -0.39 is 6.43 Å². The smallest absolute Gasteiger partial charge is 0.267 e. The van der Waals surface area contributed by atoms with Crippen molar-refractivity contribution in [2.45, 2.75) is 6.43 Å².